The molecule has 0 aliphatic rings. The molecule has 130 valence electrons. The second-order valence-electron chi connectivity index (χ2n) is 5.67. The molecule has 25 heavy (non-hydrogen) atoms. The number of aromatic amines is 1. The highest BCUT2D eigenvalue weighted by atomic mass is 32.2. The van der Waals surface area contributed by atoms with E-state index in [2.05, 4.69) is 38.5 Å². The van der Waals surface area contributed by atoms with E-state index < -0.39 is 10.0 Å². The molecule has 0 saturated heterocycles. The average Bonchev–Trinajstić information content (AvgIpc) is 2.91. The van der Waals surface area contributed by atoms with E-state index in [1.54, 1.807) is 24.3 Å². The summed E-state index contributed by atoms with van der Waals surface area (Å²) in [6.07, 6.45) is 0. The van der Waals surface area contributed by atoms with Gasteiger partial charge in [-0.15, -0.1) is 5.10 Å². The Morgan fingerprint density at radius 2 is 1.72 bits per heavy atom. The third-order valence-electron chi connectivity index (χ3n) is 3.64. The molecular formula is C16H17N4O2S3+. The predicted molar refractivity (Wildman–Crippen MR) is 100 cm³/mol. The number of hydrogen-bond donors (Lipinski definition) is 2. The molecule has 3 rings (SSSR count). The molecule has 0 saturated carbocycles. The lowest BCUT2D eigenvalue weighted by Gasteiger charge is -2.07. The Morgan fingerprint density at radius 1 is 1.12 bits per heavy atom. The second-order valence-corrected chi connectivity index (χ2v) is 9.02. The van der Waals surface area contributed by atoms with Gasteiger partial charge in [-0.1, -0.05) is 11.3 Å². The SMILES string of the molecule is Cc1cc(C)[n+](-c2ccc(S(=O)(=O)Nc3n[nH]c(=S)s3)cc2)c(C)c1. The highest BCUT2D eigenvalue weighted by molar-refractivity contribution is 7.93. The maximum Gasteiger partial charge on any atom is 0.263 e. The van der Waals surface area contributed by atoms with E-state index in [1.807, 2.05) is 13.8 Å². The van der Waals surface area contributed by atoms with Crippen LogP contribution >= 0.6 is 23.6 Å². The van der Waals surface area contributed by atoms with Gasteiger partial charge >= 0.3 is 0 Å². The van der Waals surface area contributed by atoms with E-state index in [0.717, 1.165) is 28.4 Å². The monoisotopic (exact) mass is 393 g/mol. The molecule has 0 amide bonds. The molecule has 0 radical (unpaired) electrons. The van der Waals surface area contributed by atoms with Crippen LogP contribution in [-0.4, -0.2) is 18.6 Å². The average molecular weight is 394 g/mol. The largest absolute Gasteiger partial charge is 0.263 e. The number of aromatic nitrogens is 3. The summed E-state index contributed by atoms with van der Waals surface area (Å²) in [5.74, 6) is 0. The van der Waals surface area contributed by atoms with Crippen LogP contribution in [0.3, 0.4) is 0 Å². The second kappa shape index (κ2) is 6.66. The van der Waals surface area contributed by atoms with Gasteiger partial charge in [0.25, 0.3) is 10.0 Å². The molecule has 0 atom stereocenters. The minimum atomic E-state index is -3.70. The van der Waals surface area contributed by atoms with Crippen LogP contribution in [-0.2, 0) is 10.0 Å². The number of nitrogens with zero attached hydrogens (tertiary/aromatic N) is 2. The van der Waals surface area contributed by atoms with Gasteiger partial charge in [0.2, 0.25) is 10.8 Å². The first kappa shape index (κ1) is 17.7. The lowest BCUT2D eigenvalue weighted by Crippen LogP contribution is -2.37. The van der Waals surface area contributed by atoms with Gasteiger partial charge in [0.05, 0.1) is 4.90 Å². The van der Waals surface area contributed by atoms with E-state index in [1.165, 1.54) is 5.56 Å². The van der Waals surface area contributed by atoms with Crippen molar-refractivity contribution in [2.24, 2.45) is 0 Å². The van der Waals surface area contributed by atoms with Crippen molar-refractivity contribution in [2.75, 3.05) is 4.72 Å². The minimum Gasteiger partial charge on any atom is -0.256 e. The number of sulfonamides is 1. The molecule has 6 nitrogen and oxygen atoms in total. The molecule has 0 bridgehead atoms. The third kappa shape index (κ3) is 3.78. The van der Waals surface area contributed by atoms with Gasteiger partial charge in [0, 0.05) is 38.1 Å². The van der Waals surface area contributed by atoms with Crippen molar-refractivity contribution in [3.05, 3.63) is 57.3 Å². The number of H-pyrrole nitrogens is 1. The molecular weight excluding hydrogens is 376 g/mol. The van der Waals surface area contributed by atoms with Crippen molar-refractivity contribution in [3.63, 3.8) is 0 Å². The van der Waals surface area contributed by atoms with Crippen molar-refractivity contribution in [1.29, 1.82) is 0 Å². The Balaban J connectivity index is 1.94. The molecule has 9 heteroatoms. The zero-order valence-electron chi connectivity index (χ0n) is 13.9. The summed E-state index contributed by atoms with van der Waals surface area (Å²) < 4.78 is 29.8. The van der Waals surface area contributed by atoms with Gasteiger partial charge in [-0.25, -0.2) is 8.42 Å². The standard InChI is InChI=1S/C16H16N4O2S3/c1-10-8-11(2)20(12(3)9-10)13-4-6-14(7-5-13)25(21,22)19-15-17-18-16(23)24-15/h4-9H,1-3H3,(H-,17,18,19,23)/p+1. The van der Waals surface area contributed by atoms with Crippen LogP contribution < -0.4 is 9.29 Å². The fourth-order valence-electron chi connectivity index (χ4n) is 2.74. The molecule has 3 aromatic rings. The van der Waals surface area contributed by atoms with Crippen molar-refractivity contribution in [1.82, 2.24) is 10.2 Å². The Morgan fingerprint density at radius 3 is 2.24 bits per heavy atom. The zero-order chi connectivity index (χ0) is 18.2. The van der Waals surface area contributed by atoms with Gasteiger partial charge in [-0.2, -0.15) is 4.57 Å². The van der Waals surface area contributed by atoms with Gasteiger partial charge in [0.15, 0.2) is 15.3 Å². The van der Waals surface area contributed by atoms with Crippen molar-refractivity contribution in [3.8, 4) is 5.69 Å². The number of hydrogen-bond acceptors (Lipinski definition) is 5. The van der Waals surface area contributed by atoms with Crippen LogP contribution in [0.4, 0.5) is 5.13 Å². The van der Waals surface area contributed by atoms with E-state index >= 15 is 0 Å². The first-order chi connectivity index (χ1) is 11.8. The Kier molecular flexibility index (Phi) is 4.72. The number of rotatable bonds is 4. The zero-order valence-corrected chi connectivity index (χ0v) is 16.3. The first-order valence-electron chi connectivity index (χ1n) is 7.45. The van der Waals surface area contributed by atoms with Crippen LogP contribution in [0, 0.1) is 24.7 Å². The number of aryl methyl sites for hydroxylation is 3. The van der Waals surface area contributed by atoms with Gasteiger partial charge in [0.1, 0.15) is 0 Å². The predicted octanol–water partition coefficient (Wildman–Crippen LogP) is 3.20. The molecule has 2 aromatic heterocycles. The number of pyridine rings is 1. The minimum absolute atomic E-state index is 0.167. The van der Waals surface area contributed by atoms with Crippen molar-refractivity contribution in [2.45, 2.75) is 25.7 Å². The molecule has 1 aromatic carbocycles. The van der Waals surface area contributed by atoms with Crippen LogP contribution in [0.25, 0.3) is 5.69 Å². The molecule has 0 fully saturated rings. The van der Waals surface area contributed by atoms with E-state index in [0.29, 0.717) is 3.95 Å². The summed E-state index contributed by atoms with van der Waals surface area (Å²) >= 11 is 5.97. The third-order valence-corrected chi connectivity index (χ3v) is 6.13. The van der Waals surface area contributed by atoms with E-state index in [9.17, 15) is 8.42 Å². The fourth-order valence-corrected chi connectivity index (χ4v) is 4.76. The Labute approximate surface area is 155 Å². The fraction of sp³-hybridized carbons (Fsp3) is 0.188. The molecule has 2 N–H and O–H groups in total. The first-order valence-corrected chi connectivity index (χ1v) is 10.2. The lowest BCUT2D eigenvalue weighted by atomic mass is 10.2. The summed E-state index contributed by atoms with van der Waals surface area (Å²) in [4.78, 5) is 0.167. The molecule has 2 heterocycles. The number of anilines is 1. The quantitative estimate of drug-likeness (QED) is 0.527. The van der Waals surface area contributed by atoms with E-state index in [-0.39, 0.29) is 10.0 Å². The van der Waals surface area contributed by atoms with E-state index in [4.69, 9.17) is 12.2 Å². The van der Waals surface area contributed by atoms with Crippen LogP contribution in [0.2, 0.25) is 0 Å². The molecule has 0 aliphatic carbocycles. The molecule has 0 spiro atoms. The molecule has 0 aliphatic heterocycles. The van der Waals surface area contributed by atoms with Crippen LogP contribution in [0.5, 0.6) is 0 Å². The smallest absolute Gasteiger partial charge is 0.256 e. The van der Waals surface area contributed by atoms with Crippen LogP contribution in [0.15, 0.2) is 41.3 Å². The maximum absolute atomic E-state index is 12.4. The summed E-state index contributed by atoms with van der Waals surface area (Å²) in [5.41, 5.74) is 4.27. The number of nitrogens with one attached hydrogen (secondary N) is 2. The normalized spacial score (nSPS) is 11.5. The summed E-state index contributed by atoms with van der Waals surface area (Å²) in [6.45, 7) is 6.10. The van der Waals surface area contributed by atoms with Crippen molar-refractivity contribution >= 4 is 38.7 Å². The summed E-state index contributed by atoms with van der Waals surface area (Å²) in [6, 6.07) is 10.9. The molecule has 0 unspecified atom stereocenters. The van der Waals surface area contributed by atoms with Gasteiger partial charge in [-0.05, 0) is 36.8 Å². The van der Waals surface area contributed by atoms with Gasteiger partial charge in [-0.3, -0.25) is 9.82 Å². The van der Waals surface area contributed by atoms with Gasteiger partial charge < -0.3 is 0 Å². The highest BCUT2D eigenvalue weighted by Crippen LogP contribution is 2.18. The van der Waals surface area contributed by atoms with Crippen molar-refractivity contribution < 1.29 is 13.0 Å². The Hall–Kier alpha value is -2.10. The topological polar surface area (TPSA) is 78.7 Å². The Bertz CT molecular complexity index is 1060. The highest BCUT2D eigenvalue weighted by Gasteiger charge is 2.19. The number of benzene rings is 1. The summed E-state index contributed by atoms with van der Waals surface area (Å²) in [5, 5.41) is 6.58. The maximum atomic E-state index is 12.4. The lowest BCUT2D eigenvalue weighted by molar-refractivity contribution is -0.609. The van der Waals surface area contributed by atoms with Crippen LogP contribution in [0.1, 0.15) is 17.0 Å². The summed E-state index contributed by atoms with van der Waals surface area (Å²) in [7, 11) is -3.70.